The summed E-state index contributed by atoms with van der Waals surface area (Å²) in [6.45, 7) is 0. The van der Waals surface area contributed by atoms with Crippen LogP contribution in [0.15, 0.2) is 104 Å². The number of halogens is 1. The van der Waals surface area contributed by atoms with Crippen molar-refractivity contribution >= 4 is 39.4 Å². The van der Waals surface area contributed by atoms with Crippen molar-refractivity contribution < 1.29 is 9.47 Å². The van der Waals surface area contributed by atoms with Crippen molar-refractivity contribution in [3.63, 3.8) is 0 Å². The number of hydrogen-bond donors (Lipinski definition) is 0. The summed E-state index contributed by atoms with van der Waals surface area (Å²) >= 11 is 4.99. The third-order valence-corrected chi connectivity index (χ3v) is 8.64. The number of nitrogens with zero attached hydrogens (tertiary/aromatic N) is 2. The van der Waals surface area contributed by atoms with E-state index in [1.807, 2.05) is 59.2 Å². The molecule has 0 fully saturated rings. The highest BCUT2D eigenvalue weighted by Crippen LogP contribution is 2.41. The monoisotopic (exact) mass is 598 g/mol. The Bertz CT molecular complexity index is 1780. The molecule has 1 atom stereocenters. The van der Waals surface area contributed by atoms with Crippen molar-refractivity contribution in [1.29, 1.82) is 0 Å². The molecular weight excluding hydrogens is 572 g/mol. The molecule has 1 aromatic heterocycles. The van der Waals surface area contributed by atoms with Gasteiger partial charge in [-0.15, -0.1) is 0 Å². The minimum Gasteiger partial charge on any atom is -0.497 e. The van der Waals surface area contributed by atoms with Gasteiger partial charge in [-0.1, -0.05) is 63.7 Å². The molecule has 2 heterocycles. The van der Waals surface area contributed by atoms with Crippen LogP contribution in [-0.2, 0) is 0 Å². The third kappa shape index (κ3) is 5.04. The zero-order valence-electron chi connectivity index (χ0n) is 21.7. The molecule has 196 valence electrons. The molecule has 0 bridgehead atoms. The second kappa shape index (κ2) is 10.8. The fraction of sp³-hybridized carbons (Fsp3) is 0.188. The second-order valence-corrected chi connectivity index (χ2v) is 11.5. The van der Waals surface area contributed by atoms with Gasteiger partial charge in [0.15, 0.2) is 4.80 Å². The van der Waals surface area contributed by atoms with E-state index in [0.29, 0.717) is 4.53 Å². The van der Waals surface area contributed by atoms with Crippen LogP contribution < -0.4 is 24.4 Å². The van der Waals surface area contributed by atoms with Gasteiger partial charge in [-0.05, 0) is 95.6 Å². The molecule has 1 unspecified atom stereocenters. The molecule has 0 amide bonds. The molecule has 3 aromatic carbocycles. The van der Waals surface area contributed by atoms with Crippen LogP contribution in [0.5, 0.6) is 11.5 Å². The summed E-state index contributed by atoms with van der Waals surface area (Å²) in [4.78, 5) is 19.8. The maximum absolute atomic E-state index is 13.9. The van der Waals surface area contributed by atoms with Crippen molar-refractivity contribution in [2.75, 3.05) is 14.2 Å². The molecule has 7 heteroatoms. The number of allylic oxidation sites excluding steroid dienone is 2. The van der Waals surface area contributed by atoms with Crippen LogP contribution >= 0.6 is 27.3 Å². The summed E-state index contributed by atoms with van der Waals surface area (Å²) in [6.07, 6.45) is 7.02. The molecule has 1 aliphatic carbocycles. The van der Waals surface area contributed by atoms with E-state index in [1.54, 1.807) is 14.2 Å². The Balaban J connectivity index is 1.55. The average molecular weight is 600 g/mol. The summed E-state index contributed by atoms with van der Waals surface area (Å²) in [6, 6.07) is 23.9. The topological polar surface area (TPSA) is 52.8 Å². The Morgan fingerprint density at radius 3 is 2.33 bits per heavy atom. The highest BCUT2D eigenvalue weighted by atomic mass is 79.9. The predicted octanol–water partition coefficient (Wildman–Crippen LogP) is 6.26. The number of ether oxygens (including phenoxy) is 2. The molecule has 1 aliphatic heterocycles. The van der Waals surface area contributed by atoms with E-state index >= 15 is 0 Å². The van der Waals surface area contributed by atoms with E-state index in [1.165, 1.54) is 22.5 Å². The van der Waals surface area contributed by atoms with Gasteiger partial charge in [-0.3, -0.25) is 9.36 Å². The van der Waals surface area contributed by atoms with Crippen LogP contribution in [0, 0.1) is 0 Å². The molecule has 0 saturated heterocycles. The number of methoxy groups -OCH3 is 2. The van der Waals surface area contributed by atoms with E-state index < -0.39 is 0 Å². The van der Waals surface area contributed by atoms with Gasteiger partial charge in [0.1, 0.15) is 11.5 Å². The van der Waals surface area contributed by atoms with Gasteiger partial charge >= 0.3 is 0 Å². The molecule has 5 nitrogen and oxygen atoms in total. The molecule has 0 N–H and O–H groups in total. The first-order valence-corrected chi connectivity index (χ1v) is 14.4. The van der Waals surface area contributed by atoms with Crippen LogP contribution in [0.2, 0.25) is 0 Å². The highest BCUT2D eigenvalue weighted by molar-refractivity contribution is 9.10. The highest BCUT2D eigenvalue weighted by Gasteiger charge is 2.32. The lowest BCUT2D eigenvalue weighted by Crippen LogP contribution is -2.39. The molecule has 0 saturated carbocycles. The zero-order chi connectivity index (χ0) is 26.9. The number of hydrogen-bond acceptors (Lipinski definition) is 5. The van der Waals surface area contributed by atoms with E-state index in [0.717, 1.165) is 62.4 Å². The zero-order valence-corrected chi connectivity index (χ0v) is 24.1. The van der Waals surface area contributed by atoms with Crippen molar-refractivity contribution in [2.45, 2.75) is 25.3 Å². The van der Waals surface area contributed by atoms with Gasteiger partial charge < -0.3 is 9.47 Å². The van der Waals surface area contributed by atoms with Gasteiger partial charge in [0.05, 0.1) is 30.5 Å². The fourth-order valence-corrected chi connectivity index (χ4v) is 6.71. The molecule has 39 heavy (non-hydrogen) atoms. The van der Waals surface area contributed by atoms with Crippen LogP contribution in [0.25, 0.3) is 12.2 Å². The normalized spacial score (nSPS) is 18.0. The molecule has 0 spiro atoms. The van der Waals surface area contributed by atoms with Crippen molar-refractivity contribution in [3.8, 4) is 11.5 Å². The number of rotatable bonds is 5. The third-order valence-electron chi connectivity index (χ3n) is 7.17. The quantitative estimate of drug-likeness (QED) is 0.272. The van der Waals surface area contributed by atoms with Crippen LogP contribution in [0.4, 0.5) is 0 Å². The lowest BCUT2D eigenvalue weighted by atomic mass is 9.84. The van der Waals surface area contributed by atoms with E-state index in [9.17, 15) is 4.79 Å². The first-order valence-electron chi connectivity index (χ1n) is 12.8. The van der Waals surface area contributed by atoms with Crippen molar-refractivity contribution in [3.05, 3.63) is 130 Å². The Hall–Kier alpha value is -3.68. The van der Waals surface area contributed by atoms with Crippen molar-refractivity contribution in [2.24, 2.45) is 4.99 Å². The standard InChI is InChI=1S/C32H27BrN2O3S/c1-37-25-13-9-20(10-14-25)17-23-6-4-8-27-29(23)34-32-35(30(27)22-11-15-26(38-2)16-12-22)31(36)28(39-32)19-21-5-3-7-24(33)18-21/h3,5,7,9-19,30H,4,6,8H2,1-2H3/b23-17+,28-19-. The summed E-state index contributed by atoms with van der Waals surface area (Å²) in [7, 11) is 3.34. The summed E-state index contributed by atoms with van der Waals surface area (Å²) < 4.78 is 14.3. The summed E-state index contributed by atoms with van der Waals surface area (Å²) in [5, 5.41) is 0. The largest absolute Gasteiger partial charge is 0.497 e. The second-order valence-electron chi connectivity index (χ2n) is 9.58. The lowest BCUT2D eigenvalue weighted by molar-refractivity contribution is 0.414. The van der Waals surface area contributed by atoms with Crippen molar-refractivity contribution in [1.82, 2.24) is 4.57 Å². The first-order chi connectivity index (χ1) is 19.0. The molecule has 2 aliphatic rings. The minimum absolute atomic E-state index is 0.0163. The maximum Gasteiger partial charge on any atom is 0.271 e. The van der Waals surface area contributed by atoms with Gasteiger partial charge in [0.25, 0.3) is 5.56 Å². The Labute approximate surface area is 239 Å². The SMILES string of the molecule is COc1ccc(/C=C2\CCCC3=C2N=c2s/c(=C\c4cccc(Br)c4)c(=O)n2C3c2ccc(OC)cc2)cc1. The average Bonchev–Trinajstić information content (AvgIpc) is 3.27. The van der Waals surface area contributed by atoms with Crippen LogP contribution in [0.3, 0.4) is 0 Å². The summed E-state index contributed by atoms with van der Waals surface area (Å²) in [5.74, 6) is 1.62. The Morgan fingerprint density at radius 2 is 1.64 bits per heavy atom. The maximum atomic E-state index is 13.9. The lowest BCUT2D eigenvalue weighted by Gasteiger charge is -2.31. The molecule has 0 radical (unpaired) electrons. The van der Waals surface area contributed by atoms with Gasteiger partial charge in [0.2, 0.25) is 0 Å². The number of benzene rings is 3. The number of fused-ring (bicyclic) bond motifs is 1. The van der Waals surface area contributed by atoms with Gasteiger partial charge in [-0.25, -0.2) is 4.99 Å². The van der Waals surface area contributed by atoms with Gasteiger partial charge in [-0.2, -0.15) is 0 Å². The molecule has 6 rings (SSSR count). The predicted molar refractivity (Wildman–Crippen MR) is 160 cm³/mol. The fourth-order valence-electron chi connectivity index (χ4n) is 5.29. The van der Waals surface area contributed by atoms with E-state index in [-0.39, 0.29) is 11.6 Å². The first kappa shape index (κ1) is 25.6. The Kier molecular flexibility index (Phi) is 7.11. The van der Waals surface area contributed by atoms with Gasteiger partial charge in [0, 0.05) is 4.47 Å². The number of thiazole rings is 1. The minimum atomic E-state index is -0.216. The Morgan fingerprint density at radius 1 is 0.923 bits per heavy atom. The van der Waals surface area contributed by atoms with E-state index in [2.05, 4.69) is 46.3 Å². The molecule has 4 aromatic rings. The molecular formula is C32H27BrN2O3S. The van der Waals surface area contributed by atoms with Crippen LogP contribution in [0.1, 0.15) is 42.0 Å². The summed E-state index contributed by atoms with van der Waals surface area (Å²) in [5.41, 5.74) is 6.51. The van der Waals surface area contributed by atoms with Crippen LogP contribution in [-0.4, -0.2) is 18.8 Å². The van der Waals surface area contributed by atoms with E-state index in [4.69, 9.17) is 14.5 Å². The number of aromatic nitrogens is 1. The smallest absolute Gasteiger partial charge is 0.271 e.